The van der Waals surface area contributed by atoms with E-state index in [9.17, 15) is 9.59 Å². The van der Waals surface area contributed by atoms with Crippen molar-refractivity contribution in [2.24, 2.45) is 0 Å². The number of fused-ring (bicyclic) bond motifs is 1. The highest BCUT2D eigenvalue weighted by molar-refractivity contribution is 7.22. The normalized spacial score (nSPS) is 10.6. The van der Waals surface area contributed by atoms with Crippen LogP contribution in [0.15, 0.2) is 29.6 Å². The maximum atomic E-state index is 12.2. The minimum Gasteiger partial charge on any atom is -0.494 e. The van der Waals surface area contributed by atoms with Crippen molar-refractivity contribution < 1.29 is 14.3 Å². The van der Waals surface area contributed by atoms with Crippen molar-refractivity contribution in [1.82, 2.24) is 4.98 Å². The van der Waals surface area contributed by atoms with E-state index >= 15 is 0 Å². The number of anilines is 2. The van der Waals surface area contributed by atoms with Gasteiger partial charge in [0.1, 0.15) is 11.3 Å². The molecule has 0 atom stereocenters. The number of carbonyl (C=O) groups is 2. The first kappa shape index (κ1) is 16.4. The van der Waals surface area contributed by atoms with Crippen LogP contribution in [0.1, 0.15) is 23.0 Å². The van der Waals surface area contributed by atoms with Crippen LogP contribution < -0.4 is 15.4 Å². The van der Waals surface area contributed by atoms with Gasteiger partial charge in [-0.25, -0.2) is 4.98 Å². The molecule has 2 aromatic heterocycles. The Kier molecular flexibility index (Phi) is 4.77. The standard InChI is InChI=1S/C16H15N3O3S2/c1-3-13(20)18-16-19-14-10(22-2)7-9(8-12(14)24-16)17-15(21)11-5-4-6-23-11/h4-8H,3H2,1-2H3,(H,17,21)(H,18,19,20). The second kappa shape index (κ2) is 6.98. The second-order valence-corrected chi connectivity index (χ2v) is 6.86. The van der Waals surface area contributed by atoms with Crippen molar-refractivity contribution in [3.8, 4) is 5.75 Å². The van der Waals surface area contributed by atoms with E-state index in [1.54, 1.807) is 26.2 Å². The van der Waals surface area contributed by atoms with Gasteiger partial charge in [-0.1, -0.05) is 24.3 Å². The predicted molar refractivity (Wildman–Crippen MR) is 97.4 cm³/mol. The summed E-state index contributed by atoms with van der Waals surface area (Å²) >= 11 is 2.71. The van der Waals surface area contributed by atoms with Gasteiger partial charge in [-0.3, -0.25) is 9.59 Å². The van der Waals surface area contributed by atoms with Crippen molar-refractivity contribution in [1.29, 1.82) is 0 Å². The second-order valence-electron chi connectivity index (χ2n) is 4.88. The average molecular weight is 361 g/mol. The van der Waals surface area contributed by atoms with Gasteiger partial charge in [0, 0.05) is 18.2 Å². The number of methoxy groups -OCH3 is 1. The minimum absolute atomic E-state index is 0.0979. The van der Waals surface area contributed by atoms with E-state index < -0.39 is 0 Å². The van der Waals surface area contributed by atoms with Crippen molar-refractivity contribution in [2.45, 2.75) is 13.3 Å². The van der Waals surface area contributed by atoms with Crippen molar-refractivity contribution in [3.63, 3.8) is 0 Å². The lowest BCUT2D eigenvalue weighted by molar-refractivity contribution is -0.115. The molecule has 3 aromatic rings. The summed E-state index contributed by atoms with van der Waals surface area (Å²) in [4.78, 5) is 28.7. The number of thiophene rings is 1. The fourth-order valence-electron chi connectivity index (χ4n) is 2.09. The van der Waals surface area contributed by atoms with E-state index in [2.05, 4.69) is 15.6 Å². The largest absolute Gasteiger partial charge is 0.494 e. The summed E-state index contributed by atoms with van der Waals surface area (Å²) < 4.78 is 6.19. The lowest BCUT2D eigenvalue weighted by Crippen LogP contribution is -2.10. The summed E-state index contributed by atoms with van der Waals surface area (Å²) in [5.74, 6) is 0.275. The van der Waals surface area contributed by atoms with Crippen LogP contribution >= 0.6 is 22.7 Å². The summed E-state index contributed by atoms with van der Waals surface area (Å²) in [7, 11) is 1.54. The van der Waals surface area contributed by atoms with Crippen molar-refractivity contribution >= 4 is 55.5 Å². The molecule has 0 saturated heterocycles. The van der Waals surface area contributed by atoms with E-state index in [4.69, 9.17) is 4.74 Å². The Morgan fingerprint density at radius 1 is 1.29 bits per heavy atom. The molecule has 2 amide bonds. The van der Waals surface area contributed by atoms with Gasteiger partial charge >= 0.3 is 0 Å². The molecule has 2 N–H and O–H groups in total. The maximum Gasteiger partial charge on any atom is 0.265 e. The number of nitrogens with one attached hydrogen (secondary N) is 2. The number of nitrogens with zero attached hydrogens (tertiary/aromatic N) is 1. The van der Waals surface area contributed by atoms with Crippen LogP contribution in [0.4, 0.5) is 10.8 Å². The van der Waals surface area contributed by atoms with Crippen LogP contribution in [-0.4, -0.2) is 23.9 Å². The monoisotopic (exact) mass is 361 g/mol. The van der Waals surface area contributed by atoms with Gasteiger partial charge in [0.2, 0.25) is 5.91 Å². The molecule has 24 heavy (non-hydrogen) atoms. The van der Waals surface area contributed by atoms with E-state index in [0.29, 0.717) is 33.4 Å². The molecule has 6 nitrogen and oxygen atoms in total. The van der Waals surface area contributed by atoms with Crippen LogP contribution in [0.3, 0.4) is 0 Å². The highest BCUT2D eigenvalue weighted by Gasteiger charge is 2.14. The number of hydrogen-bond acceptors (Lipinski definition) is 6. The van der Waals surface area contributed by atoms with Crippen LogP contribution in [0.5, 0.6) is 5.75 Å². The highest BCUT2D eigenvalue weighted by Crippen LogP contribution is 2.35. The quantitative estimate of drug-likeness (QED) is 0.721. The van der Waals surface area contributed by atoms with Crippen molar-refractivity contribution in [2.75, 3.05) is 17.7 Å². The lowest BCUT2D eigenvalue weighted by atomic mass is 10.2. The van der Waals surface area contributed by atoms with E-state index in [0.717, 1.165) is 4.70 Å². The Bertz CT molecular complexity index is 887. The molecule has 0 aliphatic rings. The predicted octanol–water partition coefficient (Wildman–Crippen LogP) is 3.97. The van der Waals surface area contributed by atoms with Crippen LogP contribution in [-0.2, 0) is 4.79 Å². The Balaban J connectivity index is 1.92. The number of amides is 2. The zero-order chi connectivity index (χ0) is 17.1. The Labute approximate surface area is 146 Å². The molecular weight excluding hydrogens is 346 g/mol. The Morgan fingerprint density at radius 3 is 2.79 bits per heavy atom. The molecule has 0 spiro atoms. The van der Waals surface area contributed by atoms with E-state index in [1.807, 2.05) is 17.5 Å². The summed E-state index contributed by atoms with van der Waals surface area (Å²) in [6.45, 7) is 1.78. The van der Waals surface area contributed by atoms with Gasteiger partial charge in [-0.15, -0.1) is 11.3 Å². The molecule has 0 aliphatic heterocycles. The summed E-state index contributed by atoms with van der Waals surface area (Å²) in [6, 6.07) is 7.14. The van der Waals surface area contributed by atoms with Gasteiger partial charge in [0.15, 0.2) is 5.13 Å². The van der Waals surface area contributed by atoms with E-state index in [1.165, 1.54) is 22.7 Å². The number of ether oxygens (including phenoxy) is 1. The Morgan fingerprint density at radius 2 is 2.12 bits per heavy atom. The highest BCUT2D eigenvalue weighted by atomic mass is 32.1. The smallest absolute Gasteiger partial charge is 0.265 e. The number of carbonyl (C=O) groups excluding carboxylic acids is 2. The van der Waals surface area contributed by atoms with Crippen molar-refractivity contribution in [3.05, 3.63) is 34.5 Å². The third-order valence-corrected chi connectivity index (χ3v) is 5.04. The van der Waals surface area contributed by atoms with Gasteiger partial charge in [-0.05, 0) is 17.5 Å². The summed E-state index contributed by atoms with van der Waals surface area (Å²) in [5, 5.41) is 7.96. The summed E-state index contributed by atoms with van der Waals surface area (Å²) in [6.07, 6.45) is 0.384. The van der Waals surface area contributed by atoms with Crippen LogP contribution in [0.25, 0.3) is 10.2 Å². The Hall–Kier alpha value is -2.45. The zero-order valence-corrected chi connectivity index (χ0v) is 14.7. The van der Waals surface area contributed by atoms with Gasteiger partial charge in [-0.2, -0.15) is 0 Å². The summed E-state index contributed by atoms with van der Waals surface area (Å²) in [5.41, 5.74) is 1.28. The molecule has 1 aromatic carbocycles. The maximum absolute atomic E-state index is 12.2. The SMILES string of the molecule is CCC(=O)Nc1nc2c(OC)cc(NC(=O)c3cccs3)cc2s1. The first-order valence-corrected chi connectivity index (χ1v) is 8.93. The molecule has 0 saturated carbocycles. The topological polar surface area (TPSA) is 80.3 Å². The third-order valence-electron chi connectivity index (χ3n) is 3.25. The first-order valence-electron chi connectivity index (χ1n) is 7.24. The molecule has 0 bridgehead atoms. The zero-order valence-electron chi connectivity index (χ0n) is 13.1. The fraction of sp³-hybridized carbons (Fsp3) is 0.188. The molecule has 0 aliphatic carbocycles. The molecule has 3 rings (SSSR count). The molecule has 2 heterocycles. The molecule has 0 unspecified atom stereocenters. The van der Waals surface area contributed by atoms with E-state index in [-0.39, 0.29) is 11.8 Å². The average Bonchev–Trinajstić information content (AvgIpc) is 3.23. The number of rotatable bonds is 5. The minimum atomic E-state index is -0.171. The van der Waals surface area contributed by atoms with Gasteiger partial charge in [0.05, 0.1) is 16.7 Å². The van der Waals surface area contributed by atoms with Crippen LogP contribution in [0, 0.1) is 0 Å². The molecule has 0 fully saturated rings. The first-order chi connectivity index (χ1) is 11.6. The lowest BCUT2D eigenvalue weighted by Gasteiger charge is -2.07. The fourth-order valence-corrected chi connectivity index (χ4v) is 3.65. The number of benzene rings is 1. The van der Waals surface area contributed by atoms with Crippen LogP contribution in [0.2, 0.25) is 0 Å². The molecule has 124 valence electrons. The molecular formula is C16H15N3O3S2. The van der Waals surface area contributed by atoms with Gasteiger partial charge in [0.25, 0.3) is 5.91 Å². The van der Waals surface area contributed by atoms with Gasteiger partial charge < -0.3 is 15.4 Å². The third kappa shape index (κ3) is 3.39. The number of aromatic nitrogens is 1. The molecule has 0 radical (unpaired) electrons. The number of hydrogen-bond donors (Lipinski definition) is 2. The number of thiazole rings is 1. The molecule has 8 heteroatoms.